The molecule has 0 saturated carbocycles. The van der Waals surface area contributed by atoms with E-state index in [1.807, 2.05) is 55.4 Å². The van der Waals surface area contributed by atoms with Crippen molar-refractivity contribution in [2.24, 2.45) is 47.3 Å². The van der Waals surface area contributed by atoms with E-state index in [0.717, 1.165) is 4.90 Å². The number of nitrogens with zero attached hydrogens (tertiary/aromatic N) is 6. The number of likely N-dealkylation sites (N-methyl/N-ethyl adjacent to an activating group) is 6. The summed E-state index contributed by atoms with van der Waals surface area (Å²) >= 11 is 0. The number of hydrogen-bond acceptors (Lipinski definition) is 15. The van der Waals surface area contributed by atoms with Crippen molar-refractivity contribution in [1.82, 2.24) is 66.6 Å². The summed E-state index contributed by atoms with van der Waals surface area (Å²) in [5, 5.41) is 19.3. The Balaban J connectivity index is 4.22. The first-order chi connectivity index (χ1) is 45.4. The Morgan fingerprint density at radius 3 is 1.45 bits per heavy atom. The minimum atomic E-state index is -1.70. The van der Waals surface area contributed by atoms with Crippen molar-refractivity contribution >= 4 is 82.8 Å². The highest BCUT2D eigenvalue weighted by molar-refractivity contribution is 5.97. The molecule has 560 valence electrons. The first-order valence-corrected chi connectivity index (χ1v) is 35.2. The molecular weight excluding hydrogens is 1260 g/mol. The fourth-order valence-electron chi connectivity index (χ4n) is 11.9. The van der Waals surface area contributed by atoms with E-state index in [1.54, 1.807) is 55.4 Å². The van der Waals surface area contributed by atoms with Gasteiger partial charge in [0.2, 0.25) is 76.8 Å². The Morgan fingerprint density at radius 2 is 1.00 bits per heavy atom. The predicted molar refractivity (Wildman–Crippen MR) is 373 cm³/mol. The molecule has 0 aromatic heterocycles. The smallest absolute Gasteiger partial charge is 0.329 e. The fraction of sp³-hybridized carbons (Fsp3) is 0.800. The van der Waals surface area contributed by atoms with Crippen molar-refractivity contribution in [3.63, 3.8) is 0 Å². The number of cyclic esters (lactones) is 1. The molecule has 1 fully saturated rings. The quantitative estimate of drug-likeness (QED) is 0.0915. The second-order valence-electron chi connectivity index (χ2n) is 29.0. The van der Waals surface area contributed by atoms with E-state index in [2.05, 4.69) is 37.2 Å². The number of nitrogens with one attached hydrogen (secondary N) is 7. The predicted octanol–water partition coefficient (Wildman–Crippen LogP) is 2.98. The van der Waals surface area contributed by atoms with Gasteiger partial charge in [-0.3, -0.25) is 62.3 Å². The number of carbonyl (C=O) groups is 14. The number of esters is 1. The average Bonchev–Trinajstić information content (AvgIpc) is 0.845. The maximum Gasteiger partial charge on any atom is 0.329 e. The Kier molecular flexibility index (Phi) is 37.8. The Hall–Kier alpha value is -7.42. The van der Waals surface area contributed by atoms with Crippen molar-refractivity contribution in [2.45, 2.75) is 256 Å². The van der Waals surface area contributed by atoms with Crippen LogP contribution in [0.3, 0.4) is 0 Å². The molecule has 0 spiro atoms. The zero-order chi connectivity index (χ0) is 75.7. The van der Waals surface area contributed by atoms with Gasteiger partial charge in [-0.05, 0) is 80.5 Å². The molecule has 1 heterocycles. The third-order valence-corrected chi connectivity index (χ3v) is 18.6. The van der Waals surface area contributed by atoms with Gasteiger partial charge in [-0.1, -0.05) is 130 Å². The highest BCUT2D eigenvalue weighted by Crippen LogP contribution is 2.24. The SMILES string of the molecule is CCC(C)C1NC(=O)CCNC(=O)C(C(C)CC)N(C)C(=O)C(CC(C)C)NC(=O)CCN(C)C(=O)C(NC(=O)C(CC(C)C)N(C)C(=O)C(NC(C)=O)C(C)C)C(C)OC(=O)C(C(C)CC)N(C)C(=O)C(CC(C)C)NC(=O)CCNC(=O)C(C)N(C)C(=O)C(C(C)C)N(C)C1=O. The highest BCUT2D eigenvalue weighted by Gasteiger charge is 2.44. The van der Waals surface area contributed by atoms with Crippen molar-refractivity contribution in [3.8, 4) is 0 Å². The molecule has 0 radical (unpaired) electrons. The molecule has 0 aromatic carbocycles. The molecule has 98 heavy (non-hydrogen) atoms. The summed E-state index contributed by atoms with van der Waals surface area (Å²) in [6, 6.07) is -12.0. The summed E-state index contributed by atoms with van der Waals surface area (Å²) in [6.07, 6.45) is -0.874. The Labute approximate surface area is 584 Å². The Bertz CT molecular complexity index is 2730. The molecule has 1 saturated heterocycles. The van der Waals surface area contributed by atoms with Crippen LogP contribution in [0.1, 0.15) is 189 Å². The van der Waals surface area contributed by atoms with Crippen molar-refractivity contribution < 1.29 is 71.9 Å². The number of carbonyl (C=O) groups excluding carboxylic acids is 14. The highest BCUT2D eigenvalue weighted by atomic mass is 16.5. The second kappa shape index (κ2) is 41.9. The van der Waals surface area contributed by atoms with Gasteiger partial charge in [0.25, 0.3) is 0 Å². The van der Waals surface area contributed by atoms with E-state index in [9.17, 15) is 62.3 Å². The first-order valence-electron chi connectivity index (χ1n) is 35.2. The molecule has 7 N–H and O–H groups in total. The van der Waals surface area contributed by atoms with Gasteiger partial charge >= 0.3 is 5.97 Å². The topological polar surface area (TPSA) is 352 Å². The minimum Gasteiger partial charge on any atom is -0.458 e. The molecule has 13 amide bonds. The van der Waals surface area contributed by atoms with Crippen molar-refractivity contribution in [1.29, 1.82) is 0 Å². The van der Waals surface area contributed by atoms with Crippen LogP contribution in [0.25, 0.3) is 0 Å². The summed E-state index contributed by atoms with van der Waals surface area (Å²) in [7, 11) is 8.49. The molecule has 1 rings (SSSR count). The normalized spacial score (nSPS) is 25.1. The van der Waals surface area contributed by atoms with Crippen LogP contribution in [0.2, 0.25) is 0 Å². The maximum absolute atomic E-state index is 15.0. The average molecular weight is 1390 g/mol. The lowest BCUT2D eigenvalue weighted by molar-refractivity contribution is -0.164. The third kappa shape index (κ3) is 26.7. The van der Waals surface area contributed by atoms with Crippen LogP contribution < -0.4 is 37.2 Å². The number of amides is 13. The van der Waals surface area contributed by atoms with Crippen LogP contribution in [-0.4, -0.2) is 241 Å². The van der Waals surface area contributed by atoms with Gasteiger partial charge in [-0.25, -0.2) is 4.79 Å². The molecular formula is C70H125N13O15. The molecule has 0 aromatic rings. The van der Waals surface area contributed by atoms with Crippen LogP contribution in [0.5, 0.6) is 0 Å². The van der Waals surface area contributed by atoms with Crippen LogP contribution in [-0.2, 0) is 71.9 Å². The molecule has 1 aliphatic rings. The molecule has 1 aliphatic heterocycles. The van der Waals surface area contributed by atoms with Crippen LogP contribution in [0.4, 0.5) is 0 Å². The van der Waals surface area contributed by atoms with E-state index in [4.69, 9.17) is 4.74 Å². The van der Waals surface area contributed by atoms with E-state index in [-0.39, 0.29) is 75.9 Å². The minimum absolute atomic E-state index is 0.0851. The lowest BCUT2D eigenvalue weighted by atomic mass is 9.94. The summed E-state index contributed by atoms with van der Waals surface area (Å²) in [6.45, 7) is 32.2. The van der Waals surface area contributed by atoms with Crippen LogP contribution in [0.15, 0.2) is 0 Å². The van der Waals surface area contributed by atoms with E-state index in [1.165, 1.54) is 87.6 Å². The summed E-state index contributed by atoms with van der Waals surface area (Å²) in [5.74, 6) is -11.9. The van der Waals surface area contributed by atoms with Gasteiger partial charge < -0.3 is 71.4 Å². The molecule has 14 unspecified atom stereocenters. The fourth-order valence-corrected chi connectivity index (χ4v) is 11.9. The van der Waals surface area contributed by atoms with Gasteiger partial charge in [0.05, 0.1) is 0 Å². The summed E-state index contributed by atoms with van der Waals surface area (Å²) in [4.78, 5) is 206. The maximum atomic E-state index is 15.0. The number of ether oxygens (including phenoxy) is 1. The molecule has 28 nitrogen and oxygen atoms in total. The van der Waals surface area contributed by atoms with Gasteiger partial charge in [0.15, 0.2) is 0 Å². The van der Waals surface area contributed by atoms with Crippen molar-refractivity contribution in [3.05, 3.63) is 0 Å². The lowest BCUT2D eigenvalue weighted by Gasteiger charge is -2.37. The van der Waals surface area contributed by atoms with Crippen molar-refractivity contribution in [2.75, 3.05) is 61.9 Å². The van der Waals surface area contributed by atoms with E-state index < -0.39 is 179 Å². The lowest BCUT2D eigenvalue weighted by Crippen LogP contribution is -2.61. The van der Waals surface area contributed by atoms with Gasteiger partial charge in [-0.15, -0.1) is 0 Å². The monoisotopic (exact) mass is 1390 g/mol. The van der Waals surface area contributed by atoms with E-state index in [0.29, 0.717) is 19.3 Å². The van der Waals surface area contributed by atoms with Gasteiger partial charge in [0, 0.05) is 88.1 Å². The van der Waals surface area contributed by atoms with Gasteiger partial charge in [0.1, 0.15) is 66.5 Å². The Morgan fingerprint density at radius 1 is 0.551 bits per heavy atom. The second-order valence-corrected chi connectivity index (χ2v) is 29.0. The number of hydrogen-bond donors (Lipinski definition) is 7. The molecule has 0 aliphatic carbocycles. The molecule has 14 atom stereocenters. The number of rotatable bonds is 19. The zero-order valence-corrected chi connectivity index (χ0v) is 63.8. The van der Waals surface area contributed by atoms with Crippen LogP contribution >= 0.6 is 0 Å². The summed E-state index contributed by atoms with van der Waals surface area (Å²) in [5.41, 5.74) is 0. The first kappa shape index (κ1) is 88.6. The molecule has 28 heteroatoms. The van der Waals surface area contributed by atoms with Gasteiger partial charge in [-0.2, -0.15) is 0 Å². The zero-order valence-electron chi connectivity index (χ0n) is 63.8. The standard InChI is InChI=1S/C70H125N13O15/c1-26-43(14)56-68(95)81(23)58(42(12)13)69(96)79(21)46(17)61(88)71-32-29-52(85)74-50(36-39(6)7)65(92)83(25)60(45(16)28-3)70(97)98-47(18)57(77-62(89)51(37-40(8)9)80(22)67(94)55(41(10)11)73-48(19)84)66(93)78(20)34-31-54(87)75-49(35-38(4)5)64(91)82(24)59(44(15)27-2)63(90)72-33-30-53(86)76-56/h38-47,49-51,55-60H,26-37H2,1-25H3,(H,71,88)(H,72,90)(H,73,84)(H,74,85)(H,75,87)(H,76,86)(H,77,89). The third-order valence-electron chi connectivity index (χ3n) is 18.6. The van der Waals surface area contributed by atoms with Crippen LogP contribution in [0, 0.1) is 47.3 Å². The molecule has 0 bridgehead atoms. The van der Waals surface area contributed by atoms with E-state index >= 15 is 4.79 Å². The largest absolute Gasteiger partial charge is 0.458 e. The summed E-state index contributed by atoms with van der Waals surface area (Å²) < 4.78 is 6.15.